The fourth-order valence-corrected chi connectivity index (χ4v) is 2.33. The molecule has 98 valence electrons. The summed E-state index contributed by atoms with van der Waals surface area (Å²) < 4.78 is 2.08. The van der Waals surface area contributed by atoms with Gasteiger partial charge in [-0.1, -0.05) is 48.2 Å². The third kappa shape index (κ3) is 2.45. The van der Waals surface area contributed by atoms with E-state index in [1.54, 1.807) is 0 Å². The molecule has 1 N–H and O–H groups in total. The molecule has 2 nitrogen and oxygen atoms in total. The van der Waals surface area contributed by atoms with Gasteiger partial charge in [-0.15, -0.1) is 0 Å². The molecular formula is C18H15NO. The van der Waals surface area contributed by atoms with E-state index in [1.807, 2.05) is 54.7 Å². The molecule has 0 fully saturated rings. The van der Waals surface area contributed by atoms with E-state index < -0.39 is 0 Å². The molecule has 0 radical (unpaired) electrons. The number of nitrogens with zero attached hydrogens (tertiary/aromatic N) is 1. The van der Waals surface area contributed by atoms with Crippen LogP contribution in [0.4, 0.5) is 0 Å². The minimum atomic E-state index is 0.0552. The Balaban J connectivity index is 1.90. The molecule has 0 aliphatic carbocycles. The molecule has 1 heterocycles. The Morgan fingerprint density at radius 3 is 2.50 bits per heavy atom. The van der Waals surface area contributed by atoms with Gasteiger partial charge in [0.2, 0.25) is 0 Å². The average molecular weight is 261 g/mol. The lowest BCUT2D eigenvalue weighted by molar-refractivity contribution is 0.283. The summed E-state index contributed by atoms with van der Waals surface area (Å²) in [6, 6.07) is 18.0. The summed E-state index contributed by atoms with van der Waals surface area (Å²) in [6.45, 7) is 0.676. The fourth-order valence-electron chi connectivity index (χ4n) is 2.33. The molecule has 3 rings (SSSR count). The summed E-state index contributed by atoms with van der Waals surface area (Å²) in [6.07, 6.45) is 1.98. The molecule has 2 aromatic carbocycles. The number of hydrogen-bond donors (Lipinski definition) is 1. The average Bonchev–Trinajstić information content (AvgIpc) is 2.87. The highest BCUT2D eigenvalue weighted by atomic mass is 16.3. The van der Waals surface area contributed by atoms with Crippen molar-refractivity contribution in [3.05, 3.63) is 71.9 Å². The Hall–Kier alpha value is -2.50. The maximum atomic E-state index is 9.40. The summed E-state index contributed by atoms with van der Waals surface area (Å²) >= 11 is 0. The Labute approximate surface area is 118 Å². The number of para-hydroxylation sites is 1. The first-order valence-corrected chi connectivity index (χ1v) is 6.60. The first kappa shape index (κ1) is 12.5. The number of fused-ring (bicyclic) bond motifs is 1. The van der Waals surface area contributed by atoms with Gasteiger partial charge in [0.1, 0.15) is 0 Å². The zero-order chi connectivity index (χ0) is 13.8. The molecule has 20 heavy (non-hydrogen) atoms. The lowest BCUT2D eigenvalue weighted by Crippen LogP contribution is -1.92. The van der Waals surface area contributed by atoms with Crippen molar-refractivity contribution < 1.29 is 5.11 Å². The second kappa shape index (κ2) is 5.64. The largest absolute Gasteiger partial charge is 0.392 e. The second-order valence-electron chi connectivity index (χ2n) is 4.63. The van der Waals surface area contributed by atoms with Gasteiger partial charge < -0.3 is 9.67 Å². The van der Waals surface area contributed by atoms with Crippen LogP contribution in [-0.4, -0.2) is 9.67 Å². The van der Waals surface area contributed by atoms with Crippen LogP contribution in [0, 0.1) is 11.8 Å². The molecule has 0 unspecified atom stereocenters. The lowest BCUT2D eigenvalue weighted by atomic mass is 10.2. The summed E-state index contributed by atoms with van der Waals surface area (Å²) in [4.78, 5) is 0. The Bertz CT molecular complexity index is 775. The number of aliphatic hydroxyl groups excluding tert-OH is 1. The van der Waals surface area contributed by atoms with Crippen LogP contribution in [0.1, 0.15) is 11.1 Å². The zero-order valence-electron chi connectivity index (χ0n) is 11.1. The number of aromatic nitrogens is 1. The van der Waals surface area contributed by atoms with Crippen molar-refractivity contribution in [2.24, 2.45) is 0 Å². The minimum absolute atomic E-state index is 0.0552. The highest BCUT2D eigenvalue weighted by molar-refractivity contribution is 5.83. The van der Waals surface area contributed by atoms with Crippen LogP contribution in [-0.2, 0) is 13.2 Å². The Morgan fingerprint density at radius 1 is 0.950 bits per heavy atom. The van der Waals surface area contributed by atoms with Crippen molar-refractivity contribution in [2.45, 2.75) is 13.2 Å². The standard InChI is InChI=1S/C18H15NO/c20-14-16-13-19(18-11-5-4-10-17(16)18)12-6-9-15-7-2-1-3-8-15/h1-5,7-8,10-11,13,20H,12,14H2. The summed E-state index contributed by atoms with van der Waals surface area (Å²) in [7, 11) is 0. The van der Waals surface area contributed by atoms with E-state index in [-0.39, 0.29) is 6.61 Å². The monoisotopic (exact) mass is 261 g/mol. The fraction of sp³-hybridized carbons (Fsp3) is 0.111. The normalized spacial score (nSPS) is 10.2. The van der Waals surface area contributed by atoms with E-state index in [1.165, 1.54) is 0 Å². The second-order valence-corrected chi connectivity index (χ2v) is 4.63. The van der Waals surface area contributed by atoms with E-state index in [2.05, 4.69) is 22.5 Å². The van der Waals surface area contributed by atoms with E-state index in [0.717, 1.165) is 22.0 Å². The molecule has 0 amide bonds. The van der Waals surface area contributed by atoms with Crippen LogP contribution in [0.15, 0.2) is 60.8 Å². The van der Waals surface area contributed by atoms with Gasteiger partial charge in [0, 0.05) is 28.2 Å². The number of aliphatic hydroxyl groups is 1. The third-order valence-corrected chi connectivity index (χ3v) is 3.30. The van der Waals surface area contributed by atoms with Gasteiger partial charge in [0.15, 0.2) is 0 Å². The minimum Gasteiger partial charge on any atom is -0.392 e. The van der Waals surface area contributed by atoms with Crippen molar-refractivity contribution in [3.8, 4) is 11.8 Å². The maximum absolute atomic E-state index is 9.40. The first-order chi connectivity index (χ1) is 9.88. The van der Waals surface area contributed by atoms with Gasteiger partial charge in [0.05, 0.1) is 13.2 Å². The highest BCUT2D eigenvalue weighted by Gasteiger charge is 2.05. The van der Waals surface area contributed by atoms with Crippen LogP contribution in [0.2, 0.25) is 0 Å². The van der Waals surface area contributed by atoms with Crippen LogP contribution < -0.4 is 0 Å². The molecule has 1 aromatic heterocycles. The summed E-state index contributed by atoms with van der Waals surface area (Å²) in [5.74, 6) is 6.33. The molecule has 0 aliphatic heterocycles. The summed E-state index contributed by atoms with van der Waals surface area (Å²) in [5.41, 5.74) is 3.08. The van der Waals surface area contributed by atoms with Crippen LogP contribution in [0.25, 0.3) is 10.9 Å². The highest BCUT2D eigenvalue weighted by Crippen LogP contribution is 2.20. The van der Waals surface area contributed by atoms with Crippen LogP contribution in [0.5, 0.6) is 0 Å². The molecular weight excluding hydrogens is 246 g/mol. The van der Waals surface area contributed by atoms with Gasteiger partial charge >= 0.3 is 0 Å². The van der Waals surface area contributed by atoms with Gasteiger partial charge in [-0.2, -0.15) is 0 Å². The van der Waals surface area contributed by atoms with Crippen molar-refractivity contribution in [1.29, 1.82) is 0 Å². The smallest absolute Gasteiger partial charge is 0.0841 e. The van der Waals surface area contributed by atoms with Crippen molar-refractivity contribution >= 4 is 10.9 Å². The topological polar surface area (TPSA) is 25.2 Å². The molecule has 2 heteroatoms. The SMILES string of the molecule is OCc1cn(CC#Cc2ccccc2)c2ccccc12. The van der Waals surface area contributed by atoms with Gasteiger partial charge in [-0.05, 0) is 18.2 Å². The quantitative estimate of drug-likeness (QED) is 0.704. The lowest BCUT2D eigenvalue weighted by Gasteiger charge is -1.98. The molecule has 0 atom stereocenters. The van der Waals surface area contributed by atoms with Gasteiger partial charge in [-0.3, -0.25) is 0 Å². The van der Waals surface area contributed by atoms with Crippen molar-refractivity contribution in [3.63, 3.8) is 0 Å². The van der Waals surface area contributed by atoms with E-state index in [9.17, 15) is 5.11 Å². The number of rotatable bonds is 2. The van der Waals surface area contributed by atoms with Crippen molar-refractivity contribution in [1.82, 2.24) is 4.57 Å². The summed E-state index contributed by atoms with van der Waals surface area (Å²) in [5, 5.41) is 10.5. The van der Waals surface area contributed by atoms with Gasteiger partial charge in [-0.25, -0.2) is 0 Å². The van der Waals surface area contributed by atoms with Gasteiger partial charge in [0.25, 0.3) is 0 Å². The molecule has 0 saturated carbocycles. The predicted molar refractivity (Wildman–Crippen MR) is 81.2 cm³/mol. The maximum Gasteiger partial charge on any atom is 0.0841 e. The zero-order valence-corrected chi connectivity index (χ0v) is 11.1. The van der Waals surface area contributed by atoms with E-state index in [4.69, 9.17) is 0 Å². The number of benzene rings is 2. The molecule has 0 aliphatic rings. The van der Waals surface area contributed by atoms with E-state index >= 15 is 0 Å². The van der Waals surface area contributed by atoms with Crippen LogP contribution >= 0.6 is 0 Å². The molecule has 0 spiro atoms. The van der Waals surface area contributed by atoms with Crippen molar-refractivity contribution in [2.75, 3.05) is 0 Å². The van der Waals surface area contributed by atoms with Crippen LogP contribution in [0.3, 0.4) is 0 Å². The third-order valence-electron chi connectivity index (χ3n) is 3.30. The molecule has 3 aromatic rings. The Morgan fingerprint density at radius 2 is 1.70 bits per heavy atom. The molecule has 0 saturated heterocycles. The van der Waals surface area contributed by atoms with E-state index in [0.29, 0.717) is 6.54 Å². The first-order valence-electron chi connectivity index (χ1n) is 6.60. The molecule has 0 bridgehead atoms. The predicted octanol–water partition coefficient (Wildman–Crippen LogP) is 3.19. The Kier molecular flexibility index (Phi) is 3.54. The number of hydrogen-bond acceptors (Lipinski definition) is 1.